The van der Waals surface area contributed by atoms with Crippen molar-refractivity contribution in [1.29, 1.82) is 5.26 Å². The third-order valence-corrected chi connectivity index (χ3v) is 4.46. The number of carbonyl (C=O) groups is 1. The van der Waals surface area contributed by atoms with Crippen LogP contribution in [0.5, 0.6) is 5.75 Å². The minimum Gasteiger partial charge on any atom is -0.484 e. The maximum Gasteiger partial charge on any atom is 0.260 e. The lowest BCUT2D eigenvalue weighted by Gasteiger charge is -2.37. The summed E-state index contributed by atoms with van der Waals surface area (Å²) in [4.78, 5) is 15.9. The van der Waals surface area contributed by atoms with E-state index in [0.717, 1.165) is 0 Å². The highest BCUT2D eigenvalue weighted by molar-refractivity contribution is 5.77. The summed E-state index contributed by atoms with van der Waals surface area (Å²) < 4.78 is 19.5. The molecule has 1 amide bonds. The molecule has 0 spiro atoms. The number of amides is 1. The van der Waals surface area contributed by atoms with Gasteiger partial charge in [0.15, 0.2) is 6.61 Å². The van der Waals surface area contributed by atoms with Crippen LogP contribution in [0, 0.1) is 17.1 Å². The van der Waals surface area contributed by atoms with E-state index in [4.69, 9.17) is 4.74 Å². The SMILES string of the molecule is N#CC(c1ccccc1F)N1CCN(C(=O)COc2ccccc2)CC1. The van der Waals surface area contributed by atoms with E-state index in [-0.39, 0.29) is 18.3 Å². The molecular weight excluding hydrogens is 333 g/mol. The molecule has 1 aliphatic heterocycles. The molecular formula is C20H20FN3O2. The second kappa shape index (κ2) is 8.45. The van der Waals surface area contributed by atoms with Crippen LogP contribution in [0.4, 0.5) is 4.39 Å². The van der Waals surface area contributed by atoms with Crippen LogP contribution >= 0.6 is 0 Å². The highest BCUT2D eigenvalue weighted by Crippen LogP contribution is 2.24. The van der Waals surface area contributed by atoms with Crippen molar-refractivity contribution in [3.63, 3.8) is 0 Å². The Morgan fingerprint density at radius 2 is 1.73 bits per heavy atom. The van der Waals surface area contributed by atoms with E-state index in [1.54, 1.807) is 35.2 Å². The van der Waals surface area contributed by atoms with Crippen LogP contribution in [-0.2, 0) is 4.79 Å². The number of nitriles is 1. The van der Waals surface area contributed by atoms with E-state index in [1.807, 2.05) is 23.1 Å². The topological polar surface area (TPSA) is 56.6 Å². The first-order valence-electron chi connectivity index (χ1n) is 8.53. The first kappa shape index (κ1) is 17.9. The van der Waals surface area contributed by atoms with Crippen molar-refractivity contribution in [3.05, 3.63) is 66.0 Å². The van der Waals surface area contributed by atoms with Gasteiger partial charge in [-0.1, -0.05) is 36.4 Å². The average Bonchev–Trinajstić information content (AvgIpc) is 2.69. The van der Waals surface area contributed by atoms with Crippen molar-refractivity contribution in [2.75, 3.05) is 32.8 Å². The second-order valence-electron chi connectivity index (χ2n) is 6.07. The quantitative estimate of drug-likeness (QED) is 0.829. The molecule has 0 bridgehead atoms. The molecule has 2 aromatic carbocycles. The molecule has 0 aliphatic carbocycles. The lowest BCUT2D eigenvalue weighted by molar-refractivity contribution is -0.135. The predicted molar refractivity (Wildman–Crippen MR) is 94.8 cm³/mol. The molecule has 1 aliphatic rings. The largest absolute Gasteiger partial charge is 0.484 e. The number of hydrogen-bond acceptors (Lipinski definition) is 4. The standard InChI is InChI=1S/C20H20FN3O2/c21-18-9-5-4-8-17(18)19(14-22)23-10-12-24(13-11-23)20(25)15-26-16-6-2-1-3-7-16/h1-9,19H,10-13,15H2. The van der Waals surface area contributed by atoms with Gasteiger partial charge in [0.1, 0.15) is 17.6 Å². The number of piperazine rings is 1. The number of halogens is 1. The van der Waals surface area contributed by atoms with Gasteiger partial charge >= 0.3 is 0 Å². The van der Waals surface area contributed by atoms with Gasteiger partial charge in [0.25, 0.3) is 5.91 Å². The van der Waals surface area contributed by atoms with Crippen molar-refractivity contribution < 1.29 is 13.9 Å². The summed E-state index contributed by atoms with van der Waals surface area (Å²) in [5.41, 5.74) is 0.377. The van der Waals surface area contributed by atoms with Crippen molar-refractivity contribution >= 4 is 5.91 Å². The number of carbonyl (C=O) groups excluding carboxylic acids is 1. The van der Waals surface area contributed by atoms with Crippen molar-refractivity contribution in [2.45, 2.75) is 6.04 Å². The lowest BCUT2D eigenvalue weighted by Crippen LogP contribution is -2.50. The molecule has 6 heteroatoms. The minimum absolute atomic E-state index is 0.0149. The van der Waals surface area contributed by atoms with Gasteiger partial charge in [-0.2, -0.15) is 5.26 Å². The van der Waals surface area contributed by atoms with Gasteiger partial charge in [-0.15, -0.1) is 0 Å². The fourth-order valence-electron chi connectivity index (χ4n) is 3.03. The Balaban J connectivity index is 1.54. The van der Waals surface area contributed by atoms with Crippen LogP contribution in [0.2, 0.25) is 0 Å². The Kier molecular flexibility index (Phi) is 5.82. The van der Waals surface area contributed by atoms with E-state index in [0.29, 0.717) is 37.5 Å². The van der Waals surface area contributed by atoms with Crippen LogP contribution in [0.15, 0.2) is 54.6 Å². The molecule has 0 N–H and O–H groups in total. The summed E-state index contributed by atoms with van der Waals surface area (Å²) in [6.07, 6.45) is 0. The Morgan fingerprint density at radius 1 is 1.08 bits per heavy atom. The first-order chi connectivity index (χ1) is 12.7. The van der Waals surface area contributed by atoms with Crippen molar-refractivity contribution in [3.8, 4) is 11.8 Å². The first-order valence-corrected chi connectivity index (χ1v) is 8.53. The maximum atomic E-state index is 14.0. The Hall–Kier alpha value is -2.91. The monoisotopic (exact) mass is 353 g/mol. The summed E-state index contributed by atoms with van der Waals surface area (Å²) >= 11 is 0. The zero-order valence-corrected chi connectivity index (χ0v) is 14.3. The maximum absolute atomic E-state index is 14.0. The molecule has 1 heterocycles. The average molecular weight is 353 g/mol. The highest BCUT2D eigenvalue weighted by atomic mass is 19.1. The van der Waals surface area contributed by atoms with Gasteiger partial charge in [-0.05, 0) is 18.2 Å². The van der Waals surface area contributed by atoms with E-state index < -0.39 is 6.04 Å². The molecule has 0 radical (unpaired) electrons. The Morgan fingerprint density at radius 3 is 2.38 bits per heavy atom. The second-order valence-corrected chi connectivity index (χ2v) is 6.07. The molecule has 1 saturated heterocycles. The van der Waals surface area contributed by atoms with Gasteiger partial charge in [0.2, 0.25) is 0 Å². The van der Waals surface area contributed by atoms with Gasteiger partial charge in [-0.3, -0.25) is 9.69 Å². The number of hydrogen-bond donors (Lipinski definition) is 0. The van der Waals surface area contributed by atoms with Crippen molar-refractivity contribution in [1.82, 2.24) is 9.80 Å². The third kappa shape index (κ3) is 4.19. The van der Waals surface area contributed by atoms with Gasteiger partial charge in [0, 0.05) is 31.7 Å². The third-order valence-electron chi connectivity index (χ3n) is 4.46. The number of para-hydroxylation sites is 1. The number of ether oxygens (including phenoxy) is 1. The molecule has 0 saturated carbocycles. The van der Waals surface area contributed by atoms with Gasteiger partial charge < -0.3 is 9.64 Å². The smallest absolute Gasteiger partial charge is 0.260 e. The number of benzene rings is 2. The minimum atomic E-state index is -0.644. The molecule has 1 unspecified atom stereocenters. The summed E-state index contributed by atoms with van der Waals surface area (Å²) in [5.74, 6) is 0.185. The summed E-state index contributed by atoms with van der Waals surface area (Å²) in [7, 11) is 0. The van der Waals surface area contributed by atoms with E-state index >= 15 is 0 Å². The summed E-state index contributed by atoms with van der Waals surface area (Å²) in [6.45, 7) is 2.00. The van der Waals surface area contributed by atoms with Gasteiger partial charge in [-0.25, -0.2) is 4.39 Å². The van der Waals surface area contributed by atoms with Crippen LogP contribution in [-0.4, -0.2) is 48.5 Å². The lowest BCUT2D eigenvalue weighted by atomic mass is 10.0. The molecule has 1 fully saturated rings. The Bertz CT molecular complexity index is 783. The van der Waals surface area contributed by atoms with Gasteiger partial charge in [0.05, 0.1) is 6.07 Å². The zero-order chi connectivity index (χ0) is 18.4. The molecule has 26 heavy (non-hydrogen) atoms. The zero-order valence-electron chi connectivity index (χ0n) is 14.3. The normalized spacial score (nSPS) is 15.9. The molecule has 3 rings (SSSR count). The summed E-state index contributed by atoms with van der Waals surface area (Å²) in [5, 5.41) is 9.48. The predicted octanol–water partition coefficient (Wildman–Crippen LogP) is 2.61. The number of rotatable bonds is 5. The molecule has 134 valence electrons. The fourth-order valence-corrected chi connectivity index (χ4v) is 3.03. The summed E-state index contributed by atoms with van der Waals surface area (Å²) in [6, 6.07) is 17.1. The van der Waals surface area contributed by atoms with E-state index in [1.165, 1.54) is 6.07 Å². The fraction of sp³-hybridized carbons (Fsp3) is 0.300. The molecule has 2 aromatic rings. The van der Waals surface area contributed by atoms with Crippen LogP contribution in [0.1, 0.15) is 11.6 Å². The van der Waals surface area contributed by atoms with Crippen LogP contribution in [0.25, 0.3) is 0 Å². The molecule has 0 aromatic heterocycles. The molecule has 5 nitrogen and oxygen atoms in total. The van der Waals surface area contributed by atoms with Crippen LogP contribution < -0.4 is 4.74 Å². The number of nitrogens with zero attached hydrogens (tertiary/aromatic N) is 3. The van der Waals surface area contributed by atoms with E-state index in [9.17, 15) is 14.4 Å². The van der Waals surface area contributed by atoms with Crippen LogP contribution in [0.3, 0.4) is 0 Å². The Labute approximate surface area is 152 Å². The highest BCUT2D eigenvalue weighted by Gasteiger charge is 2.28. The molecule has 1 atom stereocenters. The van der Waals surface area contributed by atoms with Crippen molar-refractivity contribution in [2.24, 2.45) is 0 Å². The van der Waals surface area contributed by atoms with E-state index in [2.05, 4.69) is 6.07 Å².